The summed E-state index contributed by atoms with van der Waals surface area (Å²) in [6, 6.07) is 5.63. The Morgan fingerprint density at radius 1 is 1.29 bits per heavy atom. The molecule has 78 valence electrons. The Bertz CT molecular complexity index is 310. The molecule has 0 aliphatic rings. The summed E-state index contributed by atoms with van der Waals surface area (Å²) in [4.78, 5) is 0. The summed E-state index contributed by atoms with van der Waals surface area (Å²) in [6.45, 7) is 5.92. The lowest BCUT2D eigenvalue weighted by Crippen LogP contribution is -4.00. The van der Waals surface area contributed by atoms with Gasteiger partial charge in [-0.25, -0.2) is 0 Å². The van der Waals surface area contributed by atoms with Crippen LogP contribution in [0.5, 0.6) is 5.75 Å². The zero-order valence-electron chi connectivity index (χ0n) is 8.41. The summed E-state index contributed by atoms with van der Waals surface area (Å²) in [5.74, 6) is 0.747. The minimum atomic E-state index is -3.64. The number of aryl methyl sites for hydroxylation is 1. The van der Waals surface area contributed by atoms with E-state index in [4.69, 9.17) is 3.07 Å². The molecule has 4 heteroatoms. The molecule has 1 aromatic rings. The molecular formula is C10H13IO3. The van der Waals surface area contributed by atoms with Crippen LogP contribution in [0.3, 0.4) is 0 Å². The fourth-order valence-electron chi connectivity index (χ4n) is 1.25. The van der Waals surface area contributed by atoms with Gasteiger partial charge in [-0.3, -0.25) is 0 Å². The van der Waals surface area contributed by atoms with Crippen molar-refractivity contribution < 1.29 is 31.0 Å². The van der Waals surface area contributed by atoms with Crippen molar-refractivity contribution in [2.24, 2.45) is 0 Å². The predicted molar refractivity (Wildman–Crippen MR) is 45.9 cm³/mol. The molecule has 0 saturated carbocycles. The zero-order chi connectivity index (χ0) is 10.7. The molecule has 0 atom stereocenters. The zero-order valence-corrected chi connectivity index (χ0v) is 10.6. The van der Waals surface area contributed by atoms with Crippen molar-refractivity contribution in [1.82, 2.24) is 0 Å². The average molecular weight is 308 g/mol. The Kier molecular flexibility index (Phi) is 4.15. The normalized spacial score (nSPS) is 11.1. The number of benzene rings is 1. The largest absolute Gasteiger partial charge is 0.570 e. The number of rotatable bonds is 3. The predicted octanol–water partition coefficient (Wildman–Crippen LogP) is -2.41. The molecule has 0 aliphatic heterocycles. The van der Waals surface area contributed by atoms with Crippen molar-refractivity contribution >= 4 is 0 Å². The van der Waals surface area contributed by atoms with Crippen LogP contribution >= 0.6 is 0 Å². The molecule has 3 nitrogen and oxygen atoms in total. The number of hydrogen-bond acceptors (Lipinski definition) is 3. The Balaban J connectivity index is 3.03. The molecule has 0 heterocycles. The van der Waals surface area contributed by atoms with Gasteiger partial charge in [0.15, 0.2) is 0 Å². The van der Waals surface area contributed by atoms with Gasteiger partial charge in [-0.1, -0.05) is 26.0 Å². The van der Waals surface area contributed by atoms with E-state index in [-0.39, 0.29) is 5.92 Å². The first-order valence-electron chi connectivity index (χ1n) is 4.35. The minimum Gasteiger partial charge on any atom is -0.385 e. The molecule has 14 heavy (non-hydrogen) atoms. The maximum Gasteiger partial charge on any atom is 0.570 e. The van der Waals surface area contributed by atoms with E-state index in [0.717, 1.165) is 11.1 Å². The second-order valence-electron chi connectivity index (χ2n) is 3.46. The molecule has 0 aromatic heterocycles. The molecular weight excluding hydrogens is 295 g/mol. The van der Waals surface area contributed by atoms with Crippen molar-refractivity contribution in [2.45, 2.75) is 26.7 Å². The third-order valence-corrected chi connectivity index (χ3v) is 2.77. The van der Waals surface area contributed by atoms with Crippen LogP contribution in [0.1, 0.15) is 30.9 Å². The lowest BCUT2D eigenvalue weighted by molar-refractivity contribution is -1.62. The Morgan fingerprint density at radius 2 is 1.93 bits per heavy atom. The second kappa shape index (κ2) is 4.95. The van der Waals surface area contributed by atoms with E-state index in [1.165, 1.54) is 0 Å². The second-order valence-corrected chi connectivity index (χ2v) is 4.98. The monoisotopic (exact) mass is 308 g/mol. The van der Waals surface area contributed by atoms with Crippen LogP contribution in [0, 0.1) is 6.92 Å². The smallest absolute Gasteiger partial charge is 0.385 e. The Labute approximate surface area is 92.8 Å². The van der Waals surface area contributed by atoms with Gasteiger partial charge in [-0.05, 0) is 24.5 Å². The average Bonchev–Trinajstić information content (AvgIpc) is 2.01. The number of hydrogen-bond donors (Lipinski definition) is 0. The molecule has 0 bridgehead atoms. The highest BCUT2D eigenvalue weighted by Crippen LogP contribution is 2.25. The van der Waals surface area contributed by atoms with Crippen LogP contribution in [-0.4, -0.2) is 0 Å². The highest BCUT2D eigenvalue weighted by atomic mass is 127. The van der Waals surface area contributed by atoms with Gasteiger partial charge in [0.2, 0.25) is 5.75 Å². The highest BCUT2D eigenvalue weighted by Gasteiger charge is 2.19. The first-order chi connectivity index (χ1) is 6.50. The van der Waals surface area contributed by atoms with Gasteiger partial charge in [0.25, 0.3) is 0 Å². The molecule has 0 N–H and O–H groups in total. The molecule has 0 radical (unpaired) electrons. The fraction of sp³-hybridized carbons (Fsp3) is 0.400. The molecule has 1 aromatic carbocycles. The molecule has 1 rings (SSSR count). The van der Waals surface area contributed by atoms with E-state index >= 15 is 0 Å². The highest BCUT2D eigenvalue weighted by molar-refractivity contribution is 5.38. The van der Waals surface area contributed by atoms with E-state index in [0.29, 0.717) is 5.75 Å². The van der Waals surface area contributed by atoms with Crippen molar-refractivity contribution in [3.8, 4) is 5.75 Å². The molecule has 0 spiro atoms. The van der Waals surface area contributed by atoms with Gasteiger partial charge in [0.05, 0.1) is 0 Å². The number of halogens is 1. The quantitative estimate of drug-likeness (QED) is 0.585. The third kappa shape index (κ3) is 3.11. The Hall–Kier alpha value is -0.330. The first-order valence-corrected chi connectivity index (χ1v) is 6.99. The minimum absolute atomic E-state index is 0.265. The lowest BCUT2D eigenvalue weighted by Gasteiger charge is -2.08. The lowest BCUT2D eigenvalue weighted by atomic mass is 10.0. The van der Waals surface area contributed by atoms with Crippen LogP contribution in [-0.2, 0) is 0 Å². The summed E-state index contributed by atoms with van der Waals surface area (Å²) in [7, 11) is 0. The summed E-state index contributed by atoms with van der Waals surface area (Å²) in [6.07, 6.45) is 0. The van der Waals surface area contributed by atoms with Gasteiger partial charge < -0.3 is 6.87 Å². The van der Waals surface area contributed by atoms with E-state index in [1.807, 2.05) is 32.9 Å². The fourth-order valence-corrected chi connectivity index (χ4v) is 2.02. The van der Waals surface area contributed by atoms with Crippen molar-refractivity contribution in [2.75, 3.05) is 0 Å². The van der Waals surface area contributed by atoms with Crippen molar-refractivity contribution in [1.29, 1.82) is 0 Å². The van der Waals surface area contributed by atoms with Crippen LogP contribution in [0.25, 0.3) is 0 Å². The molecule has 0 unspecified atom stereocenters. The van der Waals surface area contributed by atoms with Crippen molar-refractivity contribution in [3.05, 3.63) is 29.3 Å². The molecule has 0 amide bonds. The molecule has 0 aliphatic carbocycles. The van der Waals surface area contributed by atoms with Crippen molar-refractivity contribution in [3.63, 3.8) is 0 Å². The van der Waals surface area contributed by atoms with Gasteiger partial charge in [0.1, 0.15) is 0 Å². The third-order valence-electron chi connectivity index (χ3n) is 1.94. The van der Waals surface area contributed by atoms with Crippen LogP contribution in [0.15, 0.2) is 18.2 Å². The van der Waals surface area contributed by atoms with Crippen LogP contribution in [0.2, 0.25) is 0 Å². The molecule has 0 fully saturated rings. The SMILES string of the molecule is Cc1ccc(C(C)C)c(O[I+2]([O-])[O-])c1. The first kappa shape index (κ1) is 11.7. The van der Waals surface area contributed by atoms with Crippen LogP contribution in [0.4, 0.5) is 0 Å². The van der Waals surface area contributed by atoms with E-state index in [9.17, 15) is 6.87 Å². The molecule has 0 saturated heterocycles. The van der Waals surface area contributed by atoms with Gasteiger partial charge >= 0.3 is 21.1 Å². The van der Waals surface area contributed by atoms with E-state index < -0.39 is 21.1 Å². The summed E-state index contributed by atoms with van der Waals surface area (Å²) < 4.78 is 26.0. The van der Waals surface area contributed by atoms with E-state index in [2.05, 4.69) is 0 Å². The summed E-state index contributed by atoms with van der Waals surface area (Å²) in [5.41, 5.74) is 1.94. The Morgan fingerprint density at radius 3 is 2.43 bits per heavy atom. The van der Waals surface area contributed by atoms with Gasteiger partial charge in [-0.2, -0.15) is 0 Å². The standard InChI is InChI=1S/C10H13IO3/c1-7(2)9-5-4-8(3)6-10(9)14-11(12)13/h4-7H,1-3H3. The topological polar surface area (TPSA) is 55.3 Å². The maximum absolute atomic E-state index is 10.6. The summed E-state index contributed by atoms with van der Waals surface area (Å²) >= 11 is -3.64. The maximum atomic E-state index is 10.6. The van der Waals surface area contributed by atoms with Gasteiger partial charge in [0, 0.05) is 5.56 Å². The van der Waals surface area contributed by atoms with Gasteiger partial charge in [-0.15, -0.1) is 3.07 Å². The summed E-state index contributed by atoms with van der Waals surface area (Å²) in [5, 5.41) is 0. The van der Waals surface area contributed by atoms with E-state index in [1.54, 1.807) is 6.07 Å². The van der Waals surface area contributed by atoms with Crippen LogP contribution < -0.4 is 31.0 Å².